The SMILES string of the molecule is COCC(c1cnn2cc(C(NC(=O)c3nonc3C)C(C)OC(C)C(F)(F)F)nc2c1)N1CC(F)(F)CNC1=O. The molecule has 4 atom stereocenters. The van der Waals surface area contributed by atoms with E-state index >= 15 is 0 Å². The molecule has 3 amide bonds. The van der Waals surface area contributed by atoms with Crippen molar-refractivity contribution < 1.29 is 45.6 Å². The predicted octanol–water partition coefficient (Wildman–Crippen LogP) is 2.60. The number of nitrogens with one attached hydrogen (secondary N) is 2. The molecule has 18 heteroatoms. The van der Waals surface area contributed by atoms with Crippen LogP contribution in [0.3, 0.4) is 0 Å². The second-order valence-electron chi connectivity index (χ2n) is 9.55. The number of methoxy groups -OCH3 is 1. The first-order valence-electron chi connectivity index (χ1n) is 12.3. The summed E-state index contributed by atoms with van der Waals surface area (Å²) in [5.41, 5.74) is 0.497. The van der Waals surface area contributed by atoms with Gasteiger partial charge in [-0.25, -0.2) is 27.7 Å². The van der Waals surface area contributed by atoms with E-state index in [9.17, 15) is 31.5 Å². The molecule has 1 saturated heterocycles. The van der Waals surface area contributed by atoms with E-state index in [4.69, 9.17) is 9.47 Å². The summed E-state index contributed by atoms with van der Waals surface area (Å²) in [6.45, 7) is 1.82. The van der Waals surface area contributed by atoms with Crippen LogP contribution in [0.15, 0.2) is 23.1 Å². The van der Waals surface area contributed by atoms with E-state index in [0.29, 0.717) is 5.56 Å². The molecular formula is C23H27F5N8O5. The zero-order valence-corrected chi connectivity index (χ0v) is 22.3. The van der Waals surface area contributed by atoms with E-state index in [1.807, 2.05) is 0 Å². The van der Waals surface area contributed by atoms with Crippen molar-refractivity contribution in [3.05, 3.63) is 41.1 Å². The number of halogens is 5. The van der Waals surface area contributed by atoms with E-state index < -0.39 is 61.4 Å². The van der Waals surface area contributed by atoms with E-state index in [-0.39, 0.29) is 29.3 Å². The molecule has 1 aliphatic heterocycles. The number of carbonyl (C=O) groups is 2. The Hall–Kier alpha value is -3.93. The molecule has 0 radical (unpaired) electrons. The number of ether oxygens (including phenoxy) is 2. The van der Waals surface area contributed by atoms with Crippen LogP contribution in [0.4, 0.5) is 26.7 Å². The zero-order valence-electron chi connectivity index (χ0n) is 22.3. The fourth-order valence-electron chi connectivity index (χ4n) is 4.26. The van der Waals surface area contributed by atoms with Gasteiger partial charge in [-0.3, -0.25) is 4.79 Å². The summed E-state index contributed by atoms with van der Waals surface area (Å²) in [6, 6.07) is -1.44. The Morgan fingerprint density at radius 3 is 2.66 bits per heavy atom. The minimum atomic E-state index is -4.67. The predicted molar refractivity (Wildman–Crippen MR) is 128 cm³/mol. The molecule has 224 valence electrons. The van der Waals surface area contributed by atoms with Crippen LogP contribution < -0.4 is 10.6 Å². The molecule has 3 aromatic heterocycles. The molecule has 1 fully saturated rings. The van der Waals surface area contributed by atoms with Crippen molar-refractivity contribution in [2.45, 2.75) is 57.2 Å². The Morgan fingerprint density at radius 1 is 1.29 bits per heavy atom. The number of hydrogen-bond acceptors (Lipinski definition) is 9. The molecule has 41 heavy (non-hydrogen) atoms. The average Bonchev–Trinajstić information content (AvgIpc) is 3.52. The lowest BCUT2D eigenvalue weighted by Gasteiger charge is -2.38. The zero-order chi connectivity index (χ0) is 30.1. The van der Waals surface area contributed by atoms with Crippen LogP contribution in [-0.2, 0) is 9.47 Å². The van der Waals surface area contributed by atoms with Crippen LogP contribution in [0.2, 0.25) is 0 Å². The lowest BCUT2D eigenvalue weighted by molar-refractivity contribution is -0.227. The topological polar surface area (TPSA) is 149 Å². The van der Waals surface area contributed by atoms with Gasteiger partial charge in [0.25, 0.3) is 11.8 Å². The first kappa shape index (κ1) is 30.0. The Bertz CT molecular complexity index is 1400. The highest BCUT2D eigenvalue weighted by molar-refractivity contribution is 5.93. The summed E-state index contributed by atoms with van der Waals surface area (Å²) >= 11 is 0. The van der Waals surface area contributed by atoms with Gasteiger partial charge < -0.3 is 25.0 Å². The van der Waals surface area contributed by atoms with Crippen molar-refractivity contribution in [3.63, 3.8) is 0 Å². The first-order chi connectivity index (χ1) is 19.2. The van der Waals surface area contributed by atoms with E-state index in [1.54, 1.807) is 0 Å². The van der Waals surface area contributed by atoms with Gasteiger partial charge in [-0.2, -0.15) is 18.3 Å². The van der Waals surface area contributed by atoms with Gasteiger partial charge in [-0.1, -0.05) is 5.16 Å². The lowest BCUT2D eigenvalue weighted by atomic mass is 10.1. The van der Waals surface area contributed by atoms with E-state index in [0.717, 1.165) is 11.8 Å². The highest BCUT2D eigenvalue weighted by Crippen LogP contribution is 2.30. The first-order valence-corrected chi connectivity index (χ1v) is 12.3. The molecule has 0 aromatic carbocycles. The molecule has 0 aliphatic carbocycles. The van der Waals surface area contributed by atoms with Crippen molar-refractivity contribution in [2.24, 2.45) is 0 Å². The van der Waals surface area contributed by atoms with Crippen molar-refractivity contribution in [1.29, 1.82) is 0 Å². The van der Waals surface area contributed by atoms with Crippen LogP contribution in [0.1, 0.15) is 53.4 Å². The van der Waals surface area contributed by atoms with Crippen LogP contribution in [0, 0.1) is 6.92 Å². The van der Waals surface area contributed by atoms with Crippen molar-refractivity contribution in [2.75, 3.05) is 26.8 Å². The molecule has 0 saturated carbocycles. The second kappa shape index (κ2) is 11.5. The van der Waals surface area contributed by atoms with Gasteiger partial charge in [0.2, 0.25) is 0 Å². The minimum absolute atomic E-state index is 0.0736. The van der Waals surface area contributed by atoms with Gasteiger partial charge in [0.15, 0.2) is 17.4 Å². The standard InChI is InChI=1S/C23H27F5N8O5/c1-11-18(34-41-33-11)20(37)32-19(12(2)40-13(3)23(26,27)28)15-7-36-17(31-15)5-14(6-30-36)16(8-39-4)35-10-22(24,25)9-29-21(35)38/h5-7,12-13,16,19H,8-10H2,1-4H3,(H,29,38)(H,32,37). The summed E-state index contributed by atoms with van der Waals surface area (Å²) < 4.78 is 84.0. The van der Waals surface area contributed by atoms with Gasteiger partial charge in [0.05, 0.1) is 56.0 Å². The lowest BCUT2D eigenvalue weighted by Crippen LogP contribution is -2.58. The highest BCUT2D eigenvalue weighted by Gasteiger charge is 2.43. The third kappa shape index (κ3) is 6.70. The largest absolute Gasteiger partial charge is 0.414 e. The Morgan fingerprint density at radius 2 is 2.02 bits per heavy atom. The third-order valence-electron chi connectivity index (χ3n) is 6.43. The fraction of sp³-hybridized carbons (Fsp3) is 0.565. The molecule has 4 unspecified atom stereocenters. The maximum Gasteiger partial charge on any atom is 0.414 e. The molecular weight excluding hydrogens is 563 g/mol. The van der Waals surface area contributed by atoms with Gasteiger partial charge in [0.1, 0.15) is 5.69 Å². The second-order valence-corrected chi connectivity index (χ2v) is 9.55. The van der Waals surface area contributed by atoms with Gasteiger partial charge in [0, 0.05) is 12.7 Å². The molecule has 0 spiro atoms. The van der Waals surface area contributed by atoms with Crippen LogP contribution >= 0.6 is 0 Å². The normalized spacial score (nSPS) is 18.6. The molecule has 2 N–H and O–H groups in total. The van der Waals surface area contributed by atoms with E-state index in [2.05, 4.69) is 35.7 Å². The minimum Gasteiger partial charge on any atom is -0.382 e. The van der Waals surface area contributed by atoms with Crippen molar-refractivity contribution >= 4 is 17.6 Å². The monoisotopic (exact) mass is 590 g/mol. The molecule has 0 bridgehead atoms. The number of alkyl halides is 5. The Balaban J connectivity index is 1.68. The van der Waals surface area contributed by atoms with Crippen LogP contribution in [-0.4, -0.2) is 92.9 Å². The van der Waals surface area contributed by atoms with Gasteiger partial charge in [-0.15, -0.1) is 0 Å². The molecule has 13 nitrogen and oxygen atoms in total. The maximum absolute atomic E-state index is 14.1. The van der Waals surface area contributed by atoms with Crippen LogP contribution in [0.25, 0.3) is 5.65 Å². The average molecular weight is 591 g/mol. The highest BCUT2D eigenvalue weighted by atomic mass is 19.4. The van der Waals surface area contributed by atoms with Gasteiger partial charge in [-0.05, 0) is 32.0 Å². The number of urea groups is 1. The van der Waals surface area contributed by atoms with E-state index in [1.165, 1.54) is 43.9 Å². The number of nitrogens with zero attached hydrogens (tertiary/aromatic N) is 6. The number of rotatable bonds is 10. The number of imidazole rings is 1. The summed E-state index contributed by atoms with van der Waals surface area (Å²) in [4.78, 5) is 30.6. The third-order valence-corrected chi connectivity index (χ3v) is 6.43. The summed E-state index contributed by atoms with van der Waals surface area (Å²) in [5, 5.41) is 16.0. The summed E-state index contributed by atoms with van der Waals surface area (Å²) in [6.07, 6.45) is -5.40. The summed E-state index contributed by atoms with van der Waals surface area (Å²) in [5.74, 6) is -3.98. The molecule has 4 rings (SSSR count). The number of hydrogen-bond donors (Lipinski definition) is 2. The maximum atomic E-state index is 14.1. The Kier molecular flexibility index (Phi) is 8.44. The number of fused-ring (bicyclic) bond motifs is 1. The summed E-state index contributed by atoms with van der Waals surface area (Å²) in [7, 11) is 1.34. The fourth-order valence-corrected chi connectivity index (χ4v) is 4.26. The Labute approximate surface area is 229 Å². The van der Waals surface area contributed by atoms with Gasteiger partial charge >= 0.3 is 12.2 Å². The molecule has 1 aliphatic rings. The number of aromatic nitrogens is 5. The molecule has 4 heterocycles. The number of amides is 3. The number of aryl methyl sites for hydroxylation is 1. The molecule has 3 aromatic rings. The van der Waals surface area contributed by atoms with Crippen LogP contribution in [0.5, 0.6) is 0 Å². The number of carbonyl (C=O) groups excluding carboxylic acids is 2. The van der Waals surface area contributed by atoms with Crippen molar-refractivity contribution in [1.82, 2.24) is 40.4 Å². The van der Waals surface area contributed by atoms with Crippen molar-refractivity contribution in [3.8, 4) is 0 Å². The smallest absolute Gasteiger partial charge is 0.382 e. The quantitative estimate of drug-likeness (QED) is 0.340.